The fraction of sp³-hybridized carbons (Fsp3) is 0.111. The maximum absolute atomic E-state index is 13.3. The topological polar surface area (TPSA) is 72.0 Å². The molecule has 2 heterocycles. The molecular formula is C9H8FN3O2S2. The lowest BCUT2D eigenvalue weighted by atomic mass is 10.5. The molecule has 0 unspecified atom stereocenters. The van der Waals surface area contributed by atoms with E-state index in [-0.39, 0.29) is 6.54 Å². The molecule has 0 bridgehead atoms. The van der Waals surface area contributed by atoms with Crippen LogP contribution in [-0.4, -0.2) is 18.4 Å². The van der Waals surface area contributed by atoms with Gasteiger partial charge in [0.1, 0.15) is 0 Å². The van der Waals surface area contributed by atoms with E-state index in [1.54, 1.807) is 11.7 Å². The number of pyridine rings is 1. The third-order valence-corrected chi connectivity index (χ3v) is 4.01. The summed E-state index contributed by atoms with van der Waals surface area (Å²) in [6, 6.07) is 2.38. The Morgan fingerprint density at radius 3 is 2.94 bits per heavy atom. The van der Waals surface area contributed by atoms with Crippen LogP contribution in [-0.2, 0) is 16.6 Å². The fourth-order valence-corrected chi connectivity index (χ4v) is 2.77. The van der Waals surface area contributed by atoms with Crippen LogP contribution in [0.25, 0.3) is 0 Å². The standard InChI is InChI=1S/C9H8FN3O2S2/c10-8-2-1-3-12-9(8)17(14,15)13-5-7-4-11-6-16-7/h1-4,6,13H,5H2. The normalized spacial score (nSPS) is 11.6. The van der Waals surface area contributed by atoms with Gasteiger partial charge in [-0.25, -0.2) is 22.5 Å². The molecule has 0 saturated carbocycles. The van der Waals surface area contributed by atoms with Crippen LogP contribution in [0.5, 0.6) is 0 Å². The van der Waals surface area contributed by atoms with Gasteiger partial charge >= 0.3 is 0 Å². The quantitative estimate of drug-likeness (QED) is 0.907. The van der Waals surface area contributed by atoms with E-state index in [0.29, 0.717) is 0 Å². The number of halogens is 1. The number of hydrogen-bond acceptors (Lipinski definition) is 5. The molecule has 8 heteroatoms. The predicted molar refractivity (Wildman–Crippen MR) is 60.3 cm³/mol. The molecule has 90 valence electrons. The van der Waals surface area contributed by atoms with Crippen LogP contribution >= 0.6 is 11.3 Å². The molecular weight excluding hydrogens is 265 g/mol. The highest BCUT2D eigenvalue weighted by atomic mass is 32.2. The maximum Gasteiger partial charge on any atom is 0.261 e. The van der Waals surface area contributed by atoms with Gasteiger partial charge in [-0.3, -0.25) is 4.98 Å². The molecule has 1 N–H and O–H groups in total. The van der Waals surface area contributed by atoms with Crippen molar-refractivity contribution in [3.05, 3.63) is 40.7 Å². The summed E-state index contributed by atoms with van der Waals surface area (Å²) in [6.07, 6.45) is 2.77. The molecule has 0 aromatic carbocycles. The predicted octanol–water partition coefficient (Wildman–Crippen LogP) is 1.16. The van der Waals surface area contributed by atoms with Gasteiger partial charge in [-0.1, -0.05) is 0 Å². The first-order chi connectivity index (χ1) is 8.09. The lowest BCUT2D eigenvalue weighted by Crippen LogP contribution is -2.24. The maximum atomic E-state index is 13.3. The fourth-order valence-electron chi connectivity index (χ4n) is 1.13. The van der Waals surface area contributed by atoms with Crippen molar-refractivity contribution in [3.8, 4) is 0 Å². The van der Waals surface area contributed by atoms with E-state index < -0.39 is 20.9 Å². The molecule has 0 aliphatic heterocycles. The molecule has 0 fully saturated rings. The van der Waals surface area contributed by atoms with Gasteiger partial charge in [0.15, 0.2) is 5.82 Å². The Balaban J connectivity index is 2.17. The van der Waals surface area contributed by atoms with Gasteiger partial charge in [-0.15, -0.1) is 11.3 Å². The van der Waals surface area contributed by atoms with Gasteiger partial charge < -0.3 is 0 Å². The smallest absolute Gasteiger partial charge is 0.253 e. The second-order valence-electron chi connectivity index (χ2n) is 3.08. The zero-order valence-electron chi connectivity index (χ0n) is 8.50. The zero-order valence-corrected chi connectivity index (χ0v) is 10.1. The molecule has 0 radical (unpaired) electrons. The number of sulfonamides is 1. The summed E-state index contributed by atoms with van der Waals surface area (Å²) in [5.74, 6) is -0.871. The first-order valence-corrected chi connectivity index (χ1v) is 6.93. The van der Waals surface area contributed by atoms with E-state index in [9.17, 15) is 12.8 Å². The third-order valence-electron chi connectivity index (χ3n) is 1.90. The van der Waals surface area contributed by atoms with Gasteiger partial charge in [-0.05, 0) is 12.1 Å². The molecule has 5 nitrogen and oxygen atoms in total. The lowest BCUT2D eigenvalue weighted by molar-refractivity contribution is 0.544. The highest BCUT2D eigenvalue weighted by Gasteiger charge is 2.19. The average Bonchev–Trinajstić information content (AvgIpc) is 2.80. The summed E-state index contributed by atoms with van der Waals surface area (Å²) >= 11 is 1.31. The third kappa shape index (κ3) is 2.84. The summed E-state index contributed by atoms with van der Waals surface area (Å²) in [7, 11) is -3.92. The number of aromatic nitrogens is 2. The SMILES string of the molecule is O=S(=O)(NCc1cncs1)c1ncccc1F. The van der Waals surface area contributed by atoms with Crippen molar-refractivity contribution < 1.29 is 12.8 Å². The Hall–Kier alpha value is -1.38. The van der Waals surface area contributed by atoms with E-state index in [4.69, 9.17) is 0 Å². The van der Waals surface area contributed by atoms with E-state index >= 15 is 0 Å². The van der Waals surface area contributed by atoms with Crippen molar-refractivity contribution in [3.63, 3.8) is 0 Å². The number of nitrogens with one attached hydrogen (secondary N) is 1. The molecule has 0 amide bonds. The molecule has 0 aliphatic carbocycles. The second-order valence-corrected chi connectivity index (χ2v) is 5.74. The van der Waals surface area contributed by atoms with Crippen molar-refractivity contribution >= 4 is 21.4 Å². The Bertz CT molecular complexity index is 598. The molecule has 2 aromatic rings. The van der Waals surface area contributed by atoms with Gasteiger partial charge in [-0.2, -0.15) is 0 Å². The molecule has 0 spiro atoms. The van der Waals surface area contributed by atoms with Crippen LogP contribution < -0.4 is 4.72 Å². The molecule has 0 atom stereocenters. The average molecular weight is 273 g/mol. The van der Waals surface area contributed by atoms with E-state index in [0.717, 1.165) is 10.9 Å². The number of rotatable bonds is 4. The van der Waals surface area contributed by atoms with Gasteiger partial charge in [0, 0.05) is 23.8 Å². The van der Waals surface area contributed by atoms with Gasteiger partial charge in [0.05, 0.1) is 5.51 Å². The summed E-state index contributed by atoms with van der Waals surface area (Å²) < 4.78 is 39.0. The lowest BCUT2D eigenvalue weighted by Gasteiger charge is -2.04. The van der Waals surface area contributed by atoms with Gasteiger partial charge in [0.2, 0.25) is 5.03 Å². The summed E-state index contributed by atoms with van der Waals surface area (Å²) in [5, 5.41) is -0.593. The number of hydrogen-bond donors (Lipinski definition) is 1. The van der Waals surface area contributed by atoms with Crippen LogP contribution in [0, 0.1) is 5.82 Å². The molecule has 0 aliphatic rings. The minimum absolute atomic E-state index is 0.0724. The van der Waals surface area contributed by atoms with Crippen molar-refractivity contribution in [2.24, 2.45) is 0 Å². The Labute approximate surface area is 101 Å². The molecule has 0 saturated heterocycles. The van der Waals surface area contributed by atoms with E-state index in [1.807, 2.05) is 0 Å². The van der Waals surface area contributed by atoms with Gasteiger partial charge in [0.25, 0.3) is 10.0 Å². The second kappa shape index (κ2) is 4.86. The van der Waals surface area contributed by atoms with Crippen LogP contribution in [0.4, 0.5) is 4.39 Å². The summed E-state index contributed by atoms with van der Waals surface area (Å²) in [5.41, 5.74) is 1.59. The summed E-state index contributed by atoms with van der Waals surface area (Å²) in [4.78, 5) is 8.06. The van der Waals surface area contributed by atoms with Crippen molar-refractivity contribution in [1.82, 2.24) is 14.7 Å². The first-order valence-electron chi connectivity index (χ1n) is 4.57. The zero-order chi connectivity index (χ0) is 12.3. The largest absolute Gasteiger partial charge is 0.261 e. The monoisotopic (exact) mass is 273 g/mol. The minimum Gasteiger partial charge on any atom is -0.253 e. The number of nitrogens with zero attached hydrogens (tertiary/aromatic N) is 2. The Morgan fingerprint density at radius 2 is 2.29 bits per heavy atom. The highest BCUT2D eigenvalue weighted by Crippen LogP contribution is 2.11. The molecule has 2 aromatic heterocycles. The van der Waals surface area contributed by atoms with Crippen molar-refractivity contribution in [1.29, 1.82) is 0 Å². The summed E-state index contributed by atoms with van der Waals surface area (Å²) in [6.45, 7) is 0.0724. The van der Waals surface area contributed by atoms with Crippen LogP contribution in [0.3, 0.4) is 0 Å². The molecule has 2 rings (SSSR count). The van der Waals surface area contributed by atoms with E-state index in [1.165, 1.54) is 23.6 Å². The van der Waals surface area contributed by atoms with Crippen LogP contribution in [0.2, 0.25) is 0 Å². The first kappa shape index (κ1) is 12.1. The van der Waals surface area contributed by atoms with Crippen LogP contribution in [0.15, 0.2) is 35.1 Å². The number of thiazole rings is 1. The van der Waals surface area contributed by atoms with Crippen molar-refractivity contribution in [2.75, 3.05) is 0 Å². The van der Waals surface area contributed by atoms with E-state index in [2.05, 4.69) is 14.7 Å². The van der Waals surface area contributed by atoms with Crippen molar-refractivity contribution in [2.45, 2.75) is 11.6 Å². The highest BCUT2D eigenvalue weighted by molar-refractivity contribution is 7.89. The minimum atomic E-state index is -3.92. The van der Waals surface area contributed by atoms with Crippen LogP contribution in [0.1, 0.15) is 4.88 Å². The Morgan fingerprint density at radius 1 is 1.47 bits per heavy atom. The Kier molecular flexibility index (Phi) is 3.46. The molecule has 17 heavy (non-hydrogen) atoms.